The van der Waals surface area contributed by atoms with Gasteiger partial charge in [-0.2, -0.15) is 17.6 Å². The molecule has 0 spiro atoms. The van der Waals surface area contributed by atoms with E-state index in [4.69, 9.17) is 0 Å². The number of alkyl halides is 4. The van der Waals surface area contributed by atoms with E-state index in [0.29, 0.717) is 0 Å². The molecular weight excluding hydrogens is 305 g/mol. The Kier molecular flexibility index (Phi) is 4.16. The summed E-state index contributed by atoms with van der Waals surface area (Å²) in [7, 11) is 0. The topological polar surface area (TPSA) is 20.3 Å². The largest absolute Gasteiger partial charge is 0.393 e. The van der Waals surface area contributed by atoms with Crippen LogP contribution in [-0.2, 0) is 10.7 Å². The molecule has 0 aliphatic carbocycles. The maximum Gasteiger partial charge on any atom is 0.393 e. The first-order valence-corrected chi connectivity index (χ1v) is 6.15. The van der Waals surface area contributed by atoms with E-state index in [2.05, 4.69) is 0 Å². The number of carbonyl (C=O) groups is 1. The average molecular weight is 315 g/mol. The van der Waals surface area contributed by atoms with Crippen molar-refractivity contribution in [3.63, 3.8) is 0 Å². The highest BCUT2D eigenvalue weighted by Gasteiger charge is 2.64. The van der Waals surface area contributed by atoms with Gasteiger partial charge in [0.1, 0.15) is 0 Å². The molecule has 2 aromatic rings. The van der Waals surface area contributed by atoms with Crippen LogP contribution in [-0.4, -0.2) is 11.8 Å². The Morgan fingerprint density at radius 3 is 1.77 bits per heavy atom. The predicted octanol–water partition coefficient (Wildman–Crippen LogP) is 4.33. The normalized spacial score (nSPS) is 12.0. The Balaban J connectivity index is 2.35. The highest BCUT2D eigenvalue weighted by atomic mass is 19.3. The lowest BCUT2D eigenvalue weighted by atomic mass is 10.0. The summed E-state index contributed by atoms with van der Waals surface area (Å²) in [5, 5.41) is -0.975. The van der Waals surface area contributed by atoms with E-state index >= 15 is 0 Å². The number of hydrogen-bond acceptors (Lipinski definition) is 1. The molecule has 2 aromatic carbocycles. The number of rotatable bonds is 4. The first kappa shape index (κ1) is 15.9. The first-order chi connectivity index (χ1) is 10.3. The van der Waals surface area contributed by atoms with Crippen LogP contribution >= 0.6 is 0 Å². The van der Waals surface area contributed by atoms with E-state index in [1.165, 1.54) is 24.3 Å². The van der Waals surface area contributed by atoms with Crippen molar-refractivity contribution in [1.82, 2.24) is 0 Å². The zero-order chi connectivity index (χ0) is 16.4. The monoisotopic (exact) mass is 315 g/mol. The number of carbonyl (C=O) groups excluding carboxylic acids is 1. The Labute approximate surface area is 122 Å². The van der Waals surface area contributed by atoms with Gasteiger partial charge in [0.25, 0.3) is 0 Å². The fourth-order valence-electron chi connectivity index (χ4n) is 1.76. The summed E-state index contributed by atoms with van der Waals surface area (Å²) in [5.74, 6) is -12.7. The minimum absolute atomic E-state index is 0.559. The van der Waals surface area contributed by atoms with Crippen LogP contribution in [0.2, 0.25) is 0 Å². The van der Waals surface area contributed by atoms with Gasteiger partial charge in [0, 0.05) is 5.56 Å². The molecule has 0 aliphatic heterocycles. The Bertz CT molecular complexity index is 645. The number of halogens is 5. The Morgan fingerprint density at radius 1 is 0.818 bits per heavy atom. The third-order valence-corrected chi connectivity index (χ3v) is 2.96. The van der Waals surface area contributed by atoms with Crippen molar-refractivity contribution in [2.75, 3.05) is 5.12 Å². The smallest absolute Gasteiger partial charge is 0.265 e. The number of nitrogens with zero attached hydrogens (tertiary/aromatic N) is 1. The molecule has 0 saturated carbocycles. The van der Waals surface area contributed by atoms with Gasteiger partial charge in [0.15, 0.2) is 0 Å². The van der Waals surface area contributed by atoms with Crippen LogP contribution in [0.1, 0.15) is 5.56 Å². The fourth-order valence-corrected chi connectivity index (χ4v) is 1.76. The van der Waals surface area contributed by atoms with E-state index in [1.807, 2.05) is 0 Å². The van der Waals surface area contributed by atoms with Crippen LogP contribution in [0.25, 0.3) is 0 Å². The third kappa shape index (κ3) is 2.66. The summed E-state index contributed by atoms with van der Waals surface area (Å²) in [6.45, 7) is 0. The quantitative estimate of drug-likeness (QED) is 0.607. The molecule has 0 atom stereocenters. The lowest BCUT2D eigenvalue weighted by Gasteiger charge is -2.27. The summed E-state index contributed by atoms with van der Waals surface area (Å²) in [5.41, 5.74) is -1.63. The first-order valence-electron chi connectivity index (χ1n) is 6.15. The molecule has 0 saturated heterocycles. The van der Waals surface area contributed by atoms with Crippen LogP contribution in [0.4, 0.5) is 27.7 Å². The molecule has 0 aliphatic rings. The Hall–Kier alpha value is -2.44. The molecule has 2 nitrogen and oxygen atoms in total. The molecule has 0 unspecified atom stereocenters. The second kappa shape index (κ2) is 5.75. The van der Waals surface area contributed by atoms with Gasteiger partial charge in [0.2, 0.25) is 0 Å². The molecular formula is C15H10F5NO. The third-order valence-electron chi connectivity index (χ3n) is 2.96. The molecule has 2 rings (SSSR count). The van der Waals surface area contributed by atoms with Crippen molar-refractivity contribution in [3.05, 3.63) is 66.2 Å². The lowest BCUT2D eigenvalue weighted by molar-refractivity contribution is -0.215. The molecule has 116 valence electrons. The van der Waals surface area contributed by atoms with Gasteiger partial charge in [-0.05, 0) is 12.1 Å². The highest BCUT2D eigenvalue weighted by Crippen LogP contribution is 2.44. The van der Waals surface area contributed by atoms with Gasteiger partial charge in [-0.3, -0.25) is 4.79 Å². The number of para-hydroxylation sites is 1. The zero-order valence-electron chi connectivity index (χ0n) is 11.0. The van der Waals surface area contributed by atoms with Crippen molar-refractivity contribution < 1.29 is 26.8 Å². The average Bonchev–Trinajstić information content (AvgIpc) is 2.54. The molecule has 1 amide bonds. The van der Waals surface area contributed by atoms with Crippen LogP contribution in [0.5, 0.6) is 0 Å². The van der Waals surface area contributed by atoms with Crippen LogP contribution in [0.3, 0.4) is 0 Å². The van der Waals surface area contributed by atoms with Gasteiger partial charge >= 0.3 is 17.8 Å². The van der Waals surface area contributed by atoms with Gasteiger partial charge in [0.05, 0.1) is 5.69 Å². The number of amides is 1. The SMILES string of the molecule is O=C(N(F)c1ccccc1)C(F)(F)C(F)(F)c1ccccc1. The summed E-state index contributed by atoms with van der Waals surface area (Å²) >= 11 is 0. The standard InChI is InChI=1S/C15H10F5NO/c16-14(17,11-7-3-1-4-8-11)15(18,19)13(22)21(20)12-9-5-2-6-10-12/h1-10H. The molecule has 0 aromatic heterocycles. The maximum absolute atomic E-state index is 13.9. The number of anilines is 1. The van der Waals surface area contributed by atoms with E-state index in [9.17, 15) is 26.8 Å². The number of hydrogen-bond donors (Lipinski definition) is 0. The van der Waals surface area contributed by atoms with Gasteiger partial charge in [-0.25, -0.2) is 0 Å². The van der Waals surface area contributed by atoms with E-state index < -0.39 is 34.1 Å². The van der Waals surface area contributed by atoms with Crippen molar-refractivity contribution in [3.8, 4) is 0 Å². The summed E-state index contributed by atoms with van der Waals surface area (Å²) in [4.78, 5) is 11.5. The molecule has 0 bridgehead atoms. The molecule has 7 heteroatoms. The number of benzene rings is 2. The second-order valence-corrected chi connectivity index (χ2v) is 4.44. The zero-order valence-corrected chi connectivity index (χ0v) is 11.0. The second-order valence-electron chi connectivity index (χ2n) is 4.44. The van der Waals surface area contributed by atoms with E-state index in [1.54, 1.807) is 0 Å². The molecule has 0 fully saturated rings. The van der Waals surface area contributed by atoms with E-state index in [-0.39, 0.29) is 0 Å². The summed E-state index contributed by atoms with van der Waals surface area (Å²) in [6, 6.07) is 11.1. The van der Waals surface area contributed by atoms with Crippen molar-refractivity contribution >= 4 is 11.6 Å². The van der Waals surface area contributed by atoms with Gasteiger partial charge in [-0.1, -0.05) is 53.0 Å². The Morgan fingerprint density at radius 2 is 1.27 bits per heavy atom. The van der Waals surface area contributed by atoms with Crippen LogP contribution in [0.15, 0.2) is 60.7 Å². The minimum atomic E-state index is -5.24. The summed E-state index contributed by atoms with van der Waals surface area (Å²) < 4.78 is 69.2. The fraction of sp³-hybridized carbons (Fsp3) is 0.133. The maximum atomic E-state index is 13.9. The van der Waals surface area contributed by atoms with Crippen molar-refractivity contribution in [2.45, 2.75) is 11.8 Å². The minimum Gasteiger partial charge on any atom is -0.265 e. The predicted molar refractivity (Wildman–Crippen MR) is 70.3 cm³/mol. The van der Waals surface area contributed by atoms with Gasteiger partial charge in [-0.15, -0.1) is 5.12 Å². The lowest BCUT2D eigenvalue weighted by Crippen LogP contribution is -2.50. The van der Waals surface area contributed by atoms with Crippen LogP contribution in [0, 0.1) is 0 Å². The molecule has 0 radical (unpaired) electrons. The highest BCUT2D eigenvalue weighted by molar-refractivity contribution is 5.97. The molecule has 22 heavy (non-hydrogen) atoms. The van der Waals surface area contributed by atoms with Gasteiger partial charge < -0.3 is 0 Å². The summed E-state index contributed by atoms with van der Waals surface area (Å²) in [6.07, 6.45) is 0. The molecule has 0 heterocycles. The van der Waals surface area contributed by atoms with Crippen molar-refractivity contribution in [2.24, 2.45) is 0 Å². The van der Waals surface area contributed by atoms with E-state index in [0.717, 1.165) is 36.4 Å². The van der Waals surface area contributed by atoms with Crippen molar-refractivity contribution in [1.29, 1.82) is 0 Å². The molecule has 0 N–H and O–H groups in total. The van der Waals surface area contributed by atoms with Crippen LogP contribution < -0.4 is 5.12 Å².